The van der Waals surface area contributed by atoms with Crippen LogP contribution >= 0.6 is 0 Å². The van der Waals surface area contributed by atoms with E-state index in [4.69, 9.17) is 4.74 Å². The minimum Gasteiger partial charge on any atom is -0.375 e. The average Bonchev–Trinajstić information content (AvgIpc) is 2.56. The van der Waals surface area contributed by atoms with Gasteiger partial charge in [0, 0.05) is 6.54 Å². The highest BCUT2D eigenvalue weighted by Crippen LogP contribution is 2.10. The standard InChI is InChI=1S/C17H21N3O/c1-2-20(19-18-17-11-7-4-8-12-17)13-14-21-15-16-9-5-3-6-10-16/h3-12H,2,13-15H2,1H3. The van der Waals surface area contributed by atoms with Crippen molar-refractivity contribution in [1.82, 2.24) is 5.01 Å². The van der Waals surface area contributed by atoms with Gasteiger partial charge in [-0.15, -0.1) is 5.11 Å². The van der Waals surface area contributed by atoms with E-state index in [0.29, 0.717) is 13.2 Å². The minimum absolute atomic E-state index is 0.633. The molecule has 0 amide bonds. The Kier molecular flexibility index (Phi) is 6.42. The zero-order chi connectivity index (χ0) is 14.8. The van der Waals surface area contributed by atoms with Crippen LogP contribution in [-0.4, -0.2) is 24.7 Å². The van der Waals surface area contributed by atoms with Gasteiger partial charge < -0.3 is 4.74 Å². The number of hydrogen-bond acceptors (Lipinski definition) is 3. The van der Waals surface area contributed by atoms with E-state index in [2.05, 4.69) is 29.4 Å². The summed E-state index contributed by atoms with van der Waals surface area (Å²) >= 11 is 0. The van der Waals surface area contributed by atoms with Crippen molar-refractivity contribution in [3.8, 4) is 0 Å². The molecule has 4 heteroatoms. The van der Waals surface area contributed by atoms with Crippen molar-refractivity contribution in [2.45, 2.75) is 13.5 Å². The quantitative estimate of drug-likeness (QED) is 0.413. The molecule has 21 heavy (non-hydrogen) atoms. The molecule has 0 aliphatic heterocycles. The van der Waals surface area contributed by atoms with Gasteiger partial charge in [-0.05, 0) is 24.6 Å². The van der Waals surface area contributed by atoms with E-state index in [0.717, 1.165) is 18.8 Å². The summed E-state index contributed by atoms with van der Waals surface area (Å²) in [7, 11) is 0. The summed E-state index contributed by atoms with van der Waals surface area (Å²) in [4.78, 5) is 0. The number of ether oxygens (including phenoxy) is 1. The predicted octanol–water partition coefficient (Wildman–Crippen LogP) is 4.22. The van der Waals surface area contributed by atoms with Crippen LogP contribution in [0.25, 0.3) is 0 Å². The molecule has 0 saturated heterocycles. The molecule has 0 saturated carbocycles. The molecule has 0 heterocycles. The van der Waals surface area contributed by atoms with E-state index in [-0.39, 0.29) is 0 Å². The number of benzene rings is 2. The molecule has 4 nitrogen and oxygen atoms in total. The topological polar surface area (TPSA) is 37.2 Å². The average molecular weight is 283 g/mol. The van der Waals surface area contributed by atoms with Crippen LogP contribution < -0.4 is 0 Å². The van der Waals surface area contributed by atoms with Gasteiger partial charge in [0.15, 0.2) is 0 Å². The lowest BCUT2D eigenvalue weighted by atomic mass is 10.2. The van der Waals surface area contributed by atoms with Crippen molar-refractivity contribution in [2.24, 2.45) is 10.3 Å². The van der Waals surface area contributed by atoms with Gasteiger partial charge in [-0.2, -0.15) is 0 Å². The van der Waals surface area contributed by atoms with Crippen molar-refractivity contribution in [3.05, 3.63) is 66.2 Å². The molecule has 2 aromatic carbocycles. The normalized spacial score (nSPS) is 10.9. The maximum atomic E-state index is 5.66. The smallest absolute Gasteiger partial charge is 0.0874 e. The zero-order valence-electron chi connectivity index (χ0n) is 12.4. The second-order valence-electron chi connectivity index (χ2n) is 4.61. The van der Waals surface area contributed by atoms with Gasteiger partial charge in [-0.25, -0.2) is 0 Å². The highest BCUT2D eigenvalue weighted by molar-refractivity contribution is 5.34. The van der Waals surface area contributed by atoms with Crippen LogP contribution in [0.15, 0.2) is 71.0 Å². The largest absolute Gasteiger partial charge is 0.375 e. The lowest BCUT2D eigenvalue weighted by Crippen LogP contribution is -2.21. The third-order valence-electron chi connectivity index (χ3n) is 3.01. The number of rotatable bonds is 8. The minimum atomic E-state index is 0.633. The van der Waals surface area contributed by atoms with E-state index < -0.39 is 0 Å². The molecule has 0 unspecified atom stereocenters. The summed E-state index contributed by atoms with van der Waals surface area (Å²) in [6.07, 6.45) is 0. The fraction of sp³-hybridized carbons (Fsp3) is 0.294. The SMILES string of the molecule is CCN(CCOCc1ccccc1)N=Nc1ccccc1. The Bertz CT molecular complexity index is 528. The van der Waals surface area contributed by atoms with Gasteiger partial charge in [0.1, 0.15) is 0 Å². The molecule has 0 aliphatic carbocycles. The van der Waals surface area contributed by atoms with Gasteiger partial charge in [0.25, 0.3) is 0 Å². The zero-order valence-corrected chi connectivity index (χ0v) is 12.4. The Hall–Kier alpha value is -2.20. The van der Waals surface area contributed by atoms with Crippen molar-refractivity contribution in [2.75, 3.05) is 19.7 Å². The Morgan fingerprint density at radius 3 is 2.29 bits per heavy atom. The number of hydrogen-bond donors (Lipinski definition) is 0. The first kappa shape index (κ1) is 15.2. The lowest BCUT2D eigenvalue weighted by Gasteiger charge is -2.15. The monoisotopic (exact) mass is 283 g/mol. The van der Waals surface area contributed by atoms with Crippen molar-refractivity contribution in [1.29, 1.82) is 0 Å². The first-order valence-electron chi connectivity index (χ1n) is 7.22. The van der Waals surface area contributed by atoms with Crippen molar-refractivity contribution < 1.29 is 4.74 Å². The van der Waals surface area contributed by atoms with Crippen LogP contribution in [0.1, 0.15) is 12.5 Å². The van der Waals surface area contributed by atoms with E-state index in [9.17, 15) is 0 Å². The molecule has 110 valence electrons. The third kappa shape index (κ3) is 5.75. The molecule has 2 aromatic rings. The molecule has 0 radical (unpaired) electrons. The Morgan fingerprint density at radius 2 is 1.62 bits per heavy atom. The molecular weight excluding hydrogens is 262 g/mol. The summed E-state index contributed by atoms with van der Waals surface area (Å²) in [5.41, 5.74) is 2.05. The van der Waals surface area contributed by atoms with Gasteiger partial charge in [0.2, 0.25) is 0 Å². The molecule has 0 aromatic heterocycles. The molecule has 0 atom stereocenters. The summed E-state index contributed by atoms with van der Waals surface area (Å²) in [5.74, 6) is 0. The van der Waals surface area contributed by atoms with E-state index in [1.807, 2.05) is 53.5 Å². The van der Waals surface area contributed by atoms with Crippen LogP contribution in [-0.2, 0) is 11.3 Å². The molecule has 0 fully saturated rings. The molecular formula is C17H21N3O. The molecule has 0 bridgehead atoms. The van der Waals surface area contributed by atoms with Gasteiger partial charge in [-0.1, -0.05) is 53.8 Å². The molecule has 0 N–H and O–H groups in total. The number of nitrogens with zero attached hydrogens (tertiary/aromatic N) is 3. The fourth-order valence-electron chi connectivity index (χ4n) is 1.81. The lowest BCUT2D eigenvalue weighted by molar-refractivity contribution is 0.0927. The van der Waals surface area contributed by atoms with Crippen molar-refractivity contribution in [3.63, 3.8) is 0 Å². The van der Waals surface area contributed by atoms with Gasteiger partial charge >= 0.3 is 0 Å². The maximum absolute atomic E-state index is 5.66. The molecule has 0 aliphatic rings. The van der Waals surface area contributed by atoms with Gasteiger partial charge in [-0.3, -0.25) is 5.01 Å². The highest BCUT2D eigenvalue weighted by Gasteiger charge is 1.99. The maximum Gasteiger partial charge on any atom is 0.0874 e. The van der Waals surface area contributed by atoms with E-state index in [1.165, 1.54) is 5.56 Å². The van der Waals surface area contributed by atoms with Crippen molar-refractivity contribution >= 4 is 5.69 Å². The van der Waals surface area contributed by atoms with E-state index >= 15 is 0 Å². The molecule has 2 rings (SSSR count). The number of likely N-dealkylation sites (N-methyl/N-ethyl adjacent to an activating group) is 1. The van der Waals surface area contributed by atoms with Crippen LogP contribution in [0.5, 0.6) is 0 Å². The van der Waals surface area contributed by atoms with Gasteiger partial charge in [0.05, 0.1) is 25.4 Å². The first-order chi connectivity index (χ1) is 10.4. The van der Waals surface area contributed by atoms with Crippen LogP contribution in [0.3, 0.4) is 0 Å². The van der Waals surface area contributed by atoms with Crippen LogP contribution in [0, 0.1) is 0 Å². The summed E-state index contributed by atoms with van der Waals surface area (Å²) in [6.45, 7) is 4.87. The van der Waals surface area contributed by atoms with E-state index in [1.54, 1.807) is 0 Å². The summed E-state index contributed by atoms with van der Waals surface area (Å²) < 4.78 is 5.66. The Morgan fingerprint density at radius 1 is 0.952 bits per heavy atom. The molecule has 0 spiro atoms. The Balaban J connectivity index is 1.71. The second kappa shape index (κ2) is 8.87. The second-order valence-corrected chi connectivity index (χ2v) is 4.61. The fourth-order valence-corrected chi connectivity index (χ4v) is 1.81. The highest BCUT2D eigenvalue weighted by atomic mass is 16.5. The summed E-state index contributed by atoms with van der Waals surface area (Å²) in [5, 5.41) is 10.3. The third-order valence-corrected chi connectivity index (χ3v) is 3.01. The van der Waals surface area contributed by atoms with Crippen LogP contribution in [0.4, 0.5) is 5.69 Å². The Labute approximate surface area is 126 Å². The summed E-state index contributed by atoms with van der Waals surface area (Å²) in [6, 6.07) is 19.9. The first-order valence-corrected chi connectivity index (χ1v) is 7.22. The van der Waals surface area contributed by atoms with Crippen LogP contribution in [0.2, 0.25) is 0 Å². The predicted molar refractivity (Wildman–Crippen MR) is 84.3 cm³/mol.